The zero-order chi connectivity index (χ0) is 19.2. The molecule has 0 atom stereocenters. The number of rotatable bonds is 5. The Hall–Kier alpha value is -3.13. The number of aromatic nitrogens is 1. The summed E-state index contributed by atoms with van der Waals surface area (Å²) < 4.78 is 15.7. The highest BCUT2D eigenvalue weighted by molar-refractivity contribution is 6.05. The molecule has 1 aliphatic rings. The van der Waals surface area contributed by atoms with Crippen LogP contribution >= 0.6 is 0 Å². The molecule has 2 amide bonds. The molecule has 1 N–H and O–H groups in total. The van der Waals surface area contributed by atoms with E-state index in [2.05, 4.69) is 10.3 Å². The molecule has 0 radical (unpaired) electrons. The van der Waals surface area contributed by atoms with E-state index in [1.54, 1.807) is 36.3 Å². The van der Waals surface area contributed by atoms with Gasteiger partial charge >= 0.3 is 0 Å². The maximum Gasteiger partial charge on any atom is 0.274 e. The van der Waals surface area contributed by atoms with Gasteiger partial charge in [0.15, 0.2) is 0 Å². The molecule has 8 heteroatoms. The Morgan fingerprint density at radius 2 is 1.89 bits per heavy atom. The van der Waals surface area contributed by atoms with Crippen molar-refractivity contribution in [3.63, 3.8) is 0 Å². The van der Waals surface area contributed by atoms with Crippen molar-refractivity contribution in [2.24, 2.45) is 0 Å². The van der Waals surface area contributed by atoms with Crippen LogP contribution in [-0.4, -0.2) is 62.2 Å². The van der Waals surface area contributed by atoms with Gasteiger partial charge in [0.25, 0.3) is 11.8 Å². The van der Waals surface area contributed by atoms with E-state index in [-0.39, 0.29) is 11.6 Å². The quantitative estimate of drug-likeness (QED) is 0.862. The fraction of sp³-hybridized carbons (Fsp3) is 0.316. The first kappa shape index (κ1) is 18.7. The predicted molar refractivity (Wildman–Crippen MR) is 98.5 cm³/mol. The number of methoxy groups -OCH3 is 2. The molecular formula is C19H21N3O5. The monoisotopic (exact) mass is 371 g/mol. The summed E-state index contributed by atoms with van der Waals surface area (Å²) in [6, 6.07) is 8.15. The van der Waals surface area contributed by atoms with Crippen molar-refractivity contribution in [1.82, 2.24) is 9.88 Å². The Bertz CT molecular complexity index is 834. The smallest absolute Gasteiger partial charge is 0.274 e. The zero-order valence-electron chi connectivity index (χ0n) is 15.2. The van der Waals surface area contributed by atoms with Crippen molar-refractivity contribution in [3.05, 3.63) is 47.8 Å². The Kier molecular flexibility index (Phi) is 5.87. The molecule has 1 saturated heterocycles. The molecule has 0 aliphatic carbocycles. The van der Waals surface area contributed by atoms with Gasteiger partial charge in [-0.25, -0.2) is 0 Å². The second kappa shape index (κ2) is 8.50. The van der Waals surface area contributed by atoms with Gasteiger partial charge < -0.3 is 24.4 Å². The fourth-order valence-corrected chi connectivity index (χ4v) is 2.72. The number of nitrogens with one attached hydrogen (secondary N) is 1. The molecule has 1 aromatic heterocycles. The van der Waals surface area contributed by atoms with Crippen LogP contribution in [0.2, 0.25) is 0 Å². The molecule has 0 saturated carbocycles. The lowest BCUT2D eigenvalue weighted by Gasteiger charge is -2.26. The molecule has 1 aliphatic heterocycles. The largest absolute Gasteiger partial charge is 0.497 e. The minimum Gasteiger partial charge on any atom is -0.497 e. The molecule has 27 heavy (non-hydrogen) atoms. The maximum absolute atomic E-state index is 12.6. The first-order chi connectivity index (χ1) is 13.1. The number of hydrogen-bond donors (Lipinski definition) is 1. The highest BCUT2D eigenvalue weighted by atomic mass is 16.5. The molecule has 1 aromatic carbocycles. The van der Waals surface area contributed by atoms with Crippen LogP contribution in [0.15, 0.2) is 36.5 Å². The third-order valence-electron chi connectivity index (χ3n) is 4.19. The molecule has 2 aromatic rings. The van der Waals surface area contributed by atoms with E-state index in [1.807, 2.05) is 0 Å². The van der Waals surface area contributed by atoms with Crippen LogP contribution in [0.4, 0.5) is 5.69 Å². The summed E-state index contributed by atoms with van der Waals surface area (Å²) in [5.74, 6) is 0.496. The molecule has 0 spiro atoms. The number of ether oxygens (including phenoxy) is 3. The lowest BCUT2D eigenvalue weighted by molar-refractivity contribution is 0.0303. The highest BCUT2D eigenvalue weighted by Crippen LogP contribution is 2.29. The number of pyridine rings is 1. The fourth-order valence-electron chi connectivity index (χ4n) is 2.72. The molecule has 0 bridgehead atoms. The number of morpholine rings is 1. The van der Waals surface area contributed by atoms with Gasteiger partial charge in [0, 0.05) is 30.9 Å². The lowest BCUT2D eigenvalue weighted by Crippen LogP contribution is -2.40. The number of amides is 2. The van der Waals surface area contributed by atoms with E-state index in [0.717, 1.165) is 0 Å². The van der Waals surface area contributed by atoms with E-state index < -0.39 is 5.91 Å². The number of nitrogens with zero attached hydrogens (tertiary/aromatic N) is 2. The number of carbonyl (C=O) groups is 2. The Balaban J connectivity index is 1.76. The first-order valence-corrected chi connectivity index (χ1v) is 8.49. The first-order valence-electron chi connectivity index (χ1n) is 8.49. The van der Waals surface area contributed by atoms with Crippen LogP contribution in [0.1, 0.15) is 20.8 Å². The molecule has 2 heterocycles. The molecule has 142 valence electrons. The Morgan fingerprint density at radius 1 is 1.11 bits per heavy atom. The zero-order valence-corrected chi connectivity index (χ0v) is 15.2. The van der Waals surface area contributed by atoms with Crippen LogP contribution in [0.25, 0.3) is 0 Å². The summed E-state index contributed by atoms with van der Waals surface area (Å²) in [6.07, 6.45) is 1.45. The molecular weight excluding hydrogens is 350 g/mol. The summed E-state index contributed by atoms with van der Waals surface area (Å²) in [4.78, 5) is 30.9. The standard InChI is InChI=1S/C19H21N3O5/c1-25-14-3-4-15(17(12-14)26-2)21-18(23)16-11-13(5-6-20-16)19(24)22-7-9-27-10-8-22/h3-6,11-12H,7-10H2,1-2H3,(H,21,23). The van der Waals surface area contributed by atoms with Crippen molar-refractivity contribution in [2.45, 2.75) is 0 Å². The Labute approximate surface area is 157 Å². The third-order valence-corrected chi connectivity index (χ3v) is 4.19. The topological polar surface area (TPSA) is 90.0 Å². The van der Waals surface area contributed by atoms with Crippen LogP contribution < -0.4 is 14.8 Å². The number of carbonyl (C=O) groups excluding carboxylic acids is 2. The van der Waals surface area contributed by atoms with Gasteiger partial charge in [-0.1, -0.05) is 0 Å². The molecule has 0 unspecified atom stereocenters. The average Bonchev–Trinajstić information content (AvgIpc) is 2.74. The number of anilines is 1. The van der Waals surface area contributed by atoms with E-state index in [1.165, 1.54) is 19.4 Å². The Morgan fingerprint density at radius 3 is 2.59 bits per heavy atom. The van der Waals surface area contributed by atoms with E-state index >= 15 is 0 Å². The van der Waals surface area contributed by atoms with Crippen molar-refractivity contribution in [3.8, 4) is 11.5 Å². The number of hydrogen-bond acceptors (Lipinski definition) is 6. The highest BCUT2D eigenvalue weighted by Gasteiger charge is 2.20. The van der Waals surface area contributed by atoms with Crippen LogP contribution in [0.5, 0.6) is 11.5 Å². The predicted octanol–water partition coefficient (Wildman–Crippen LogP) is 1.82. The lowest BCUT2D eigenvalue weighted by atomic mass is 10.2. The summed E-state index contributed by atoms with van der Waals surface area (Å²) in [5, 5.41) is 2.75. The summed E-state index contributed by atoms with van der Waals surface area (Å²) >= 11 is 0. The van der Waals surface area contributed by atoms with Crippen LogP contribution in [-0.2, 0) is 4.74 Å². The van der Waals surface area contributed by atoms with Gasteiger partial charge in [-0.05, 0) is 24.3 Å². The second-order valence-electron chi connectivity index (χ2n) is 5.85. The third kappa shape index (κ3) is 4.35. The number of benzene rings is 1. The van der Waals surface area contributed by atoms with Crippen LogP contribution in [0.3, 0.4) is 0 Å². The van der Waals surface area contributed by atoms with E-state index in [0.29, 0.717) is 49.1 Å². The minimum absolute atomic E-state index is 0.142. The van der Waals surface area contributed by atoms with Gasteiger partial charge in [0.2, 0.25) is 0 Å². The second-order valence-corrected chi connectivity index (χ2v) is 5.85. The van der Waals surface area contributed by atoms with Crippen molar-refractivity contribution >= 4 is 17.5 Å². The molecule has 8 nitrogen and oxygen atoms in total. The normalized spacial score (nSPS) is 13.8. The maximum atomic E-state index is 12.6. The van der Waals surface area contributed by atoms with Gasteiger partial charge in [-0.3, -0.25) is 14.6 Å². The van der Waals surface area contributed by atoms with Crippen LogP contribution in [0, 0.1) is 0 Å². The average molecular weight is 371 g/mol. The van der Waals surface area contributed by atoms with Crippen molar-refractivity contribution in [1.29, 1.82) is 0 Å². The molecule has 1 fully saturated rings. The van der Waals surface area contributed by atoms with Crippen molar-refractivity contribution in [2.75, 3.05) is 45.8 Å². The van der Waals surface area contributed by atoms with Gasteiger partial charge in [-0.15, -0.1) is 0 Å². The molecule has 3 rings (SSSR count). The van der Waals surface area contributed by atoms with Gasteiger partial charge in [-0.2, -0.15) is 0 Å². The SMILES string of the molecule is COc1ccc(NC(=O)c2cc(C(=O)N3CCOCC3)ccn2)c(OC)c1. The summed E-state index contributed by atoms with van der Waals surface area (Å²) in [5.41, 5.74) is 1.04. The van der Waals surface area contributed by atoms with Gasteiger partial charge in [0.05, 0.1) is 33.1 Å². The van der Waals surface area contributed by atoms with E-state index in [9.17, 15) is 9.59 Å². The minimum atomic E-state index is -0.435. The van der Waals surface area contributed by atoms with E-state index in [4.69, 9.17) is 14.2 Å². The summed E-state index contributed by atoms with van der Waals surface area (Å²) in [7, 11) is 3.05. The van der Waals surface area contributed by atoms with Gasteiger partial charge in [0.1, 0.15) is 17.2 Å². The summed E-state index contributed by atoms with van der Waals surface area (Å²) in [6.45, 7) is 2.10. The van der Waals surface area contributed by atoms with Crippen molar-refractivity contribution < 1.29 is 23.8 Å².